The lowest BCUT2D eigenvalue weighted by Crippen LogP contribution is -2.08. The van der Waals surface area contributed by atoms with Gasteiger partial charge >= 0.3 is 0 Å². The van der Waals surface area contributed by atoms with Crippen molar-refractivity contribution in [2.45, 2.75) is 0 Å². The third kappa shape index (κ3) is 4.20. The first-order valence-electron chi connectivity index (χ1n) is 5.92. The van der Waals surface area contributed by atoms with Gasteiger partial charge in [-0.25, -0.2) is 4.98 Å². The van der Waals surface area contributed by atoms with Crippen molar-refractivity contribution in [3.63, 3.8) is 0 Å². The van der Waals surface area contributed by atoms with Crippen LogP contribution < -0.4 is 10.1 Å². The number of amides is 1. The SMILES string of the molecule is COc1ccc(C=CC(=O)Nc2ccc(Br)cn2)cc1. The minimum absolute atomic E-state index is 0.226. The summed E-state index contributed by atoms with van der Waals surface area (Å²) in [7, 11) is 1.61. The number of carbonyl (C=O) groups is 1. The van der Waals surface area contributed by atoms with Gasteiger partial charge in [0, 0.05) is 16.7 Å². The maximum atomic E-state index is 11.7. The Morgan fingerprint density at radius 1 is 1.25 bits per heavy atom. The highest BCUT2D eigenvalue weighted by Crippen LogP contribution is 2.13. The number of benzene rings is 1. The van der Waals surface area contributed by atoms with Crippen molar-refractivity contribution < 1.29 is 9.53 Å². The molecule has 0 fully saturated rings. The van der Waals surface area contributed by atoms with Crippen LogP contribution in [-0.4, -0.2) is 18.0 Å². The minimum atomic E-state index is -0.226. The van der Waals surface area contributed by atoms with Crippen LogP contribution >= 0.6 is 15.9 Å². The summed E-state index contributed by atoms with van der Waals surface area (Å²) in [6.45, 7) is 0. The molecule has 0 aliphatic carbocycles. The van der Waals surface area contributed by atoms with Crippen molar-refractivity contribution in [2.24, 2.45) is 0 Å². The molecule has 0 radical (unpaired) electrons. The van der Waals surface area contributed by atoms with Gasteiger partial charge in [-0.15, -0.1) is 0 Å². The molecular formula is C15H13BrN2O2. The van der Waals surface area contributed by atoms with Crippen molar-refractivity contribution >= 4 is 33.7 Å². The molecule has 20 heavy (non-hydrogen) atoms. The Labute approximate surface area is 125 Å². The lowest BCUT2D eigenvalue weighted by Gasteiger charge is -2.01. The molecular weight excluding hydrogens is 320 g/mol. The first kappa shape index (κ1) is 14.3. The molecule has 0 bridgehead atoms. The van der Waals surface area contributed by atoms with Gasteiger partial charge in [0.1, 0.15) is 11.6 Å². The molecule has 1 aromatic carbocycles. The fourth-order valence-corrected chi connectivity index (χ4v) is 1.74. The molecule has 0 aliphatic rings. The minimum Gasteiger partial charge on any atom is -0.497 e. The summed E-state index contributed by atoms with van der Waals surface area (Å²) in [4.78, 5) is 15.8. The summed E-state index contributed by atoms with van der Waals surface area (Å²) in [5.74, 6) is 1.07. The second kappa shape index (κ2) is 6.86. The quantitative estimate of drug-likeness (QED) is 0.871. The highest BCUT2D eigenvalue weighted by molar-refractivity contribution is 9.10. The van der Waals surface area contributed by atoms with Gasteiger partial charge in [-0.1, -0.05) is 12.1 Å². The second-order valence-corrected chi connectivity index (χ2v) is 4.87. The van der Waals surface area contributed by atoms with Crippen LogP contribution in [0.1, 0.15) is 5.56 Å². The van der Waals surface area contributed by atoms with Gasteiger partial charge < -0.3 is 10.1 Å². The average Bonchev–Trinajstić information content (AvgIpc) is 2.48. The largest absolute Gasteiger partial charge is 0.497 e. The number of anilines is 1. The monoisotopic (exact) mass is 332 g/mol. The van der Waals surface area contributed by atoms with Gasteiger partial charge in [-0.2, -0.15) is 0 Å². The molecule has 1 aromatic heterocycles. The van der Waals surface area contributed by atoms with Crippen LogP contribution in [0, 0.1) is 0 Å². The maximum absolute atomic E-state index is 11.7. The standard InChI is InChI=1S/C15H13BrN2O2/c1-20-13-6-2-11(3-7-13)4-9-15(19)18-14-8-5-12(16)10-17-14/h2-10H,1H3,(H,17,18,19). The Balaban J connectivity index is 1.96. The number of nitrogens with one attached hydrogen (secondary N) is 1. The number of nitrogens with zero attached hydrogens (tertiary/aromatic N) is 1. The highest BCUT2D eigenvalue weighted by Gasteiger charge is 1.99. The molecule has 0 spiro atoms. The molecule has 1 N–H and O–H groups in total. The number of aromatic nitrogens is 1. The molecule has 0 atom stereocenters. The number of rotatable bonds is 4. The van der Waals surface area contributed by atoms with E-state index in [1.54, 1.807) is 25.4 Å². The molecule has 0 saturated heterocycles. The molecule has 4 nitrogen and oxygen atoms in total. The molecule has 102 valence electrons. The molecule has 2 aromatic rings. The molecule has 0 saturated carbocycles. The third-order valence-corrected chi connectivity index (χ3v) is 2.99. The van der Waals surface area contributed by atoms with Crippen LogP contribution in [0.2, 0.25) is 0 Å². The molecule has 1 amide bonds. The molecule has 2 rings (SSSR count). The fraction of sp³-hybridized carbons (Fsp3) is 0.0667. The number of carbonyl (C=O) groups excluding carboxylic acids is 1. The zero-order valence-electron chi connectivity index (χ0n) is 10.8. The first-order chi connectivity index (χ1) is 9.67. The van der Waals surface area contributed by atoms with Crippen molar-refractivity contribution in [2.75, 3.05) is 12.4 Å². The van der Waals surface area contributed by atoms with E-state index >= 15 is 0 Å². The molecule has 0 unspecified atom stereocenters. The van der Waals surface area contributed by atoms with Crippen LogP contribution in [0.15, 0.2) is 53.1 Å². The number of methoxy groups -OCH3 is 1. The smallest absolute Gasteiger partial charge is 0.249 e. The van der Waals surface area contributed by atoms with Gasteiger partial charge in [0.15, 0.2) is 0 Å². The maximum Gasteiger partial charge on any atom is 0.249 e. The van der Waals surface area contributed by atoms with Crippen LogP contribution in [0.3, 0.4) is 0 Å². The first-order valence-corrected chi connectivity index (χ1v) is 6.71. The summed E-state index contributed by atoms with van der Waals surface area (Å²) in [5, 5.41) is 2.68. The van der Waals surface area contributed by atoms with E-state index in [1.807, 2.05) is 30.3 Å². The van der Waals surface area contributed by atoms with Gasteiger partial charge in [-0.05, 0) is 51.8 Å². The Hall–Kier alpha value is -2.14. The van der Waals surface area contributed by atoms with Gasteiger partial charge in [0.2, 0.25) is 5.91 Å². The number of pyridine rings is 1. The van der Waals surface area contributed by atoms with E-state index in [0.717, 1.165) is 15.8 Å². The van der Waals surface area contributed by atoms with Gasteiger partial charge in [-0.3, -0.25) is 4.79 Å². The van der Waals surface area contributed by atoms with E-state index in [2.05, 4.69) is 26.2 Å². The van der Waals surface area contributed by atoms with Crippen molar-refractivity contribution in [1.29, 1.82) is 0 Å². The van der Waals surface area contributed by atoms with E-state index in [1.165, 1.54) is 6.08 Å². The van der Waals surface area contributed by atoms with Gasteiger partial charge in [0.25, 0.3) is 0 Å². The molecule has 0 aliphatic heterocycles. The normalized spacial score (nSPS) is 10.5. The Morgan fingerprint density at radius 3 is 2.60 bits per heavy atom. The van der Waals surface area contributed by atoms with Crippen LogP contribution in [0.25, 0.3) is 6.08 Å². The van der Waals surface area contributed by atoms with E-state index in [9.17, 15) is 4.79 Å². The Morgan fingerprint density at radius 2 is 2.00 bits per heavy atom. The van der Waals surface area contributed by atoms with Gasteiger partial charge in [0.05, 0.1) is 7.11 Å². The van der Waals surface area contributed by atoms with Crippen molar-refractivity contribution in [1.82, 2.24) is 4.98 Å². The van der Waals surface area contributed by atoms with E-state index in [-0.39, 0.29) is 5.91 Å². The molecule has 1 heterocycles. The zero-order chi connectivity index (χ0) is 14.4. The highest BCUT2D eigenvalue weighted by atomic mass is 79.9. The van der Waals surface area contributed by atoms with Crippen molar-refractivity contribution in [3.8, 4) is 5.75 Å². The van der Waals surface area contributed by atoms with E-state index in [0.29, 0.717) is 5.82 Å². The van der Waals surface area contributed by atoms with Crippen LogP contribution in [0.4, 0.5) is 5.82 Å². The number of ether oxygens (including phenoxy) is 1. The topological polar surface area (TPSA) is 51.2 Å². The lowest BCUT2D eigenvalue weighted by atomic mass is 10.2. The van der Waals surface area contributed by atoms with Crippen LogP contribution in [-0.2, 0) is 4.79 Å². The summed E-state index contributed by atoms with van der Waals surface area (Å²) in [6.07, 6.45) is 4.82. The summed E-state index contributed by atoms with van der Waals surface area (Å²) in [5.41, 5.74) is 0.921. The van der Waals surface area contributed by atoms with Crippen molar-refractivity contribution in [3.05, 3.63) is 58.7 Å². The summed E-state index contributed by atoms with van der Waals surface area (Å²) in [6, 6.07) is 11.0. The zero-order valence-corrected chi connectivity index (χ0v) is 12.4. The Bertz CT molecular complexity index is 607. The third-order valence-electron chi connectivity index (χ3n) is 2.52. The predicted molar refractivity (Wildman–Crippen MR) is 82.6 cm³/mol. The van der Waals surface area contributed by atoms with E-state index < -0.39 is 0 Å². The number of halogens is 1. The average molecular weight is 333 g/mol. The number of hydrogen-bond donors (Lipinski definition) is 1. The second-order valence-electron chi connectivity index (χ2n) is 3.96. The predicted octanol–water partition coefficient (Wildman–Crippen LogP) is 3.50. The fourth-order valence-electron chi connectivity index (χ4n) is 1.50. The summed E-state index contributed by atoms with van der Waals surface area (Å²) >= 11 is 3.29. The molecule has 5 heteroatoms. The van der Waals surface area contributed by atoms with Crippen LogP contribution in [0.5, 0.6) is 5.75 Å². The number of hydrogen-bond acceptors (Lipinski definition) is 3. The van der Waals surface area contributed by atoms with E-state index in [4.69, 9.17) is 4.74 Å². The summed E-state index contributed by atoms with van der Waals surface area (Å²) < 4.78 is 5.93. The Kier molecular flexibility index (Phi) is 4.90. The lowest BCUT2D eigenvalue weighted by molar-refractivity contribution is -0.111.